The highest BCUT2D eigenvalue weighted by Gasteiger charge is 2.02. The zero-order chi connectivity index (χ0) is 14.4. The van der Waals surface area contributed by atoms with Gasteiger partial charge < -0.3 is 14.8 Å². The Morgan fingerprint density at radius 3 is 2.40 bits per heavy atom. The zero-order valence-electron chi connectivity index (χ0n) is 11.5. The van der Waals surface area contributed by atoms with Gasteiger partial charge in [-0.3, -0.25) is 0 Å². The Bertz CT molecular complexity index is 558. The van der Waals surface area contributed by atoms with Gasteiger partial charge in [0, 0.05) is 25.4 Å². The number of aromatic nitrogens is 1. The van der Waals surface area contributed by atoms with Crippen LogP contribution in [-0.2, 0) is 13.1 Å². The third-order valence-electron chi connectivity index (χ3n) is 2.88. The number of methoxy groups -OCH3 is 2. The van der Waals surface area contributed by atoms with Gasteiger partial charge in [0.25, 0.3) is 0 Å². The van der Waals surface area contributed by atoms with Crippen molar-refractivity contribution in [2.45, 2.75) is 13.1 Å². The fourth-order valence-electron chi connectivity index (χ4n) is 1.81. The van der Waals surface area contributed by atoms with Gasteiger partial charge in [0.2, 0.25) is 5.88 Å². The fourth-order valence-corrected chi connectivity index (χ4v) is 2.09. The van der Waals surface area contributed by atoms with Crippen LogP contribution in [0, 0.1) is 0 Å². The molecule has 0 amide bonds. The molecule has 1 aromatic carbocycles. The van der Waals surface area contributed by atoms with Crippen molar-refractivity contribution < 1.29 is 9.47 Å². The minimum atomic E-state index is 0.621. The van der Waals surface area contributed by atoms with Crippen LogP contribution < -0.4 is 14.8 Å². The van der Waals surface area contributed by atoms with E-state index in [2.05, 4.69) is 10.3 Å². The monoisotopic (exact) mass is 292 g/mol. The molecule has 0 bridgehead atoms. The van der Waals surface area contributed by atoms with Crippen LogP contribution in [0.1, 0.15) is 11.1 Å². The molecule has 0 unspecified atom stereocenters. The Kier molecular flexibility index (Phi) is 5.21. The number of halogens is 1. The molecule has 5 heteroatoms. The number of nitrogens with one attached hydrogen (secondary N) is 1. The highest BCUT2D eigenvalue weighted by atomic mass is 35.5. The smallest absolute Gasteiger partial charge is 0.212 e. The molecule has 0 aliphatic carbocycles. The van der Waals surface area contributed by atoms with Gasteiger partial charge in [-0.25, -0.2) is 4.98 Å². The summed E-state index contributed by atoms with van der Waals surface area (Å²) in [5.74, 6) is 1.31. The van der Waals surface area contributed by atoms with Crippen LogP contribution in [0.3, 0.4) is 0 Å². The molecule has 20 heavy (non-hydrogen) atoms. The van der Waals surface area contributed by atoms with E-state index >= 15 is 0 Å². The lowest BCUT2D eigenvalue weighted by Gasteiger charge is -2.08. The Morgan fingerprint density at radius 2 is 1.80 bits per heavy atom. The van der Waals surface area contributed by atoms with E-state index in [4.69, 9.17) is 21.1 Å². The second-order valence-electron chi connectivity index (χ2n) is 4.28. The molecule has 0 atom stereocenters. The van der Waals surface area contributed by atoms with Gasteiger partial charge in [-0.1, -0.05) is 23.7 Å². The Balaban J connectivity index is 1.87. The maximum absolute atomic E-state index is 6.08. The van der Waals surface area contributed by atoms with Crippen molar-refractivity contribution in [1.82, 2.24) is 10.3 Å². The first-order valence-corrected chi connectivity index (χ1v) is 6.63. The summed E-state index contributed by atoms with van der Waals surface area (Å²) in [6.07, 6.45) is 1.80. The van der Waals surface area contributed by atoms with Crippen molar-refractivity contribution in [3.05, 3.63) is 52.7 Å². The maximum atomic E-state index is 6.08. The molecule has 0 radical (unpaired) electrons. The molecule has 0 saturated carbocycles. The van der Waals surface area contributed by atoms with E-state index in [1.54, 1.807) is 20.4 Å². The van der Waals surface area contributed by atoms with Crippen LogP contribution in [0.25, 0.3) is 0 Å². The molecule has 2 aromatic rings. The summed E-state index contributed by atoms with van der Waals surface area (Å²) in [5.41, 5.74) is 2.21. The molecule has 106 valence electrons. The van der Waals surface area contributed by atoms with Crippen molar-refractivity contribution in [3.63, 3.8) is 0 Å². The minimum Gasteiger partial charge on any atom is -0.495 e. The summed E-state index contributed by atoms with van der Waals surface area (Å²) in [6.45, 7) is 1.47. The molecule has 2 rings (SSSR count). The summed E-state index contributed by atoms with van der Waals surface area (Å²) >= 11 is 6.08. The predicted octanol–water partition coefficient (Wildman–Crippen LogP) is 3.04. The van der Waals surface area contributed by atoms with E-state index in [1.165, 1.54) is 0 Å². The molecule has 0 saturated heterocycles. The van der Waals surface area contributed by atoms with Gasteiger partial charge in [-0.2, -0.15) is 0 Å². The number of hydrogen-bond donors (Lipinski definition) is 1. The lowest BCUT2D eigenvalue weighted by Crippen LogP contribution is -2.12. The lowest BCUT2D eigenvalue weighted by molar-refractivity contribution is 0.397. The summed E-state index contributed by atoms with van der Waals surface area (Å²) < 4.78 is 10.1. The highest BCUT2D eigenvalue weighted by molar-refractivity contribution is 6.32. The van der Waals surface area contributed by atoms with Crippen molar-refractivity contribution >= 4 is 11.6 Å². The normalized spacial score (nSPS) is 10.3. The topological polar surface area (TPSA) is 43.4 Å². The van der Waals surface area contributed by atoms with Crippen LogP contribution in [-0.4, -0.2) is 19.2 Å². The van der Waals surface area contributed by atoms with Crippen LogP contribution in [0.4, 0.5) is 0 Å². The van der Waals surface area contributed by atoms with Crippen molar-refractivity contribution in [1.29, 1.82) is 0 Å². The Morgan fingerprint density at radius 1 is 1.05 bits per heavy atom. The van der Waals surface area contributed by atoms with E-state index in [0.717, 1.165) is 24.2 Å². The molecule has 0 aliphatic heterocycles. The van der Waals surface area contributed by atoms with Crippen LogP contribution >= 0.6 is 11.6 Å². The fraction of sp³-hybridized carbons (Fsp3) is 0.267. The molecule has 1 N–H and O–H groups in total. The molecule has 4 nitrogen and oxygen atoms in total. The SMILES string of the molecule is COc1ccc(CNCc2ccc(OC)c(Cl)c2)cn1. The molecule has 1 aromatic heterocycles. The van der Waals surface area contributed by atoms with E-state index in [1.807, 2.05) is 30.3 Å². The number of ether oxygens (including phenoxy) is 2. The molecular formula is C15H17ClN2O2. The van der Waals surface area contributed by atoms with Gasteiger partial charge in [0.15, 0.2) is 0 Å². The molecule has 1 heterocycles. The maximum Gasteiger partial charge on any atom is 0.212 e. The number of pyridine rings is 1. The van der Waals surface area contributed by atoms with Gasteiger partial charge in [0.1, 0.15) is 5.75 Å². The average Bonchev–Trinajstić information content (AvgIpc) is 2.48. The standard InChI is InChI=1S/C15H17ClN2O2/c1-19-14-5-3-11(7-13(14)16)8-17-9-12-4-6-15(20-2)18-10-12/h3-7,10,17H,8-9H2,1-2H3. The van der Waals surface area contributed by atoms with Crippen molar-refractivity contribution in [2.24, 2.45) is 0 Å². The number of nitrogens with zero attached hydrogens (tertiary/aromatic N) is 1. The molecule has 0 fully saturated rings. The number of benzene rings is 1. The van der Waals surface area contributed by atoms with Crippen LogP contribution in [0.5, 0.6) is 11.6 Å². The van der Waals surface area contributed by atoms with Gasteiger partial charge in [-0.05, 0) is 23.3 Å². The summed E-state index contributed by atoms with van der Waals surface area (Å²) in [5, 5.41) is 3.96. The van der Waals surface area contributed by atoms with Crippen LogP contribution in [0.15, 0.2) is 36.5 Å². The van der Waals surface area contributed by atoms with Crippen LogP contribution in [0.2, 0.25) is 5.02 Å². The first-order valence-electron chi connectivity index (χ1n) is 6.25. The quantitative estimate of drug-likeness (QED) is 0.889. The first-order chi connectivity index (χ1) is 9.72. The van der Waals surface area contributed by atoms with E-state index in [9.17, 15) is 0 Å². The van der Waals surface area contributed by atoms with Gasteiger partial charge in [-0.15, -0.1) is 0 Å². The van der Waals surface area contributed by atoms with E-state index in [-0.39, 0.29) is 0 Å². The second kappa shape index (κ2) is 7.12. The van der Waals surface area contributed by atoms with Crippen molar-refractivity contribution in [2.75, 3.05) is 14.2 Å². The van der Waals surface area contributed by atoms with E-state index in [0.29, 0.717) is 16.7 Å². The summed E-state index contributed by atoms with van der Waals surface area (Å²) in [7, 11) is 3.21. The molecule has 0 aliphatic rings. The largest absolute Gasteiger partial charge is 0.495 e. The third-order valence-corrected chi connectivity index (χ3v) is 3.18. The third kappa shape index (κ3) is 3.85. The number of hydrogen-bond acceptors (Lipinski definition) is 4. The summed E-state index contributed by atoms with van der Waals surface area (Å²) in [6, 6.07) is 9.60. The lowest BCUT2D eigenvalue weighted by atomic mass is 10.2. The zero-order valence-corrected chi connectivity index (χ0v) is 12.3. The van der Waals surface area contributed by atoms with Gasteiger partial charge >= 0.3 is 0 Å². The second-order valence-corrected chi connectivity index (χ2v) is 4.69. The Hall–Kier alpha value is -1.78. The summed E-state index contributed by atoms with van der Waals surface area (Å²) in [4.78, 5) is 4.16. The number of rotatable bonds is 6. The minimum absolute atomic E-state index is 0.621. The van der Waals surface area contributed by atoms with Crippen molar-refractivity contribution in [3.8, 4) is 11.6 Å². The first kappa shape index (κ1) is 14.6. The molecular weight excluding hydrogens is 276 g/mol. The van der Waals surface area contributed by atoms with E-state index < -0.39 is 0 Å². The average molecular weight is 293 g/mol. The van der Waals surface area contributed by atoms with Gasteiger partial charge in [0.05, 0.1) is 19.2 Å². The highest BCUT2D eigenvalue weighted by Crippen LogP contribution is 2.24. The Labute approximate surface area is 123 Å². The molecule has 0 spiro atoms. The predicted molar refractivity (Wildman–Crippen MR) is 79.3 cm³/mol.